The molecule has 0 aliphatic carbocycles. The Morgan fingerprint density at radius 3 is 2.58 bits per heavy atom. The number of hydrogen-bond donors (Lipinski definition) is 2. The molecule has 9 heteroatoms. The predicted molar refractivity (Wildman–Crippen MR) is 101 cm³/mol. The molecule has 1 heterocycles. The molecule has 0 saturated heterocycles. The molecule has 0 unspecified atom stereocenters. The third-order valence-electron chi connectivity index (χ3n) is 3.50. The highest BCUT2D eigenvalue weighted by molar-refractivity contribution is 7.88. The Hall–Kier alpha value is -1.19. The van der Waals surface area contributed by atoms with Crippen LogP contribution in [0, 0.1) is 0 Å². The lowest BCUT2D eigenvalue weighted by molar-refractivity contribution is 0.424. The van der Waals surface area contributed by atoms with E-state index in [4.69, 9.17) is 0 Å². The lowest BCUT2D eigenvalue weighted by atomic mass is 10.4. The highest BCUT2D eigenvalue weighted by Gasteiger charge is 2.13. The number of thiazole rings is 1. The van der Waals surface area contributed by atoms with Gasteiger partial charge in [0.2, 0.25) is 10.0 Å². The molecule has 0 bridgehead atoms. The summed E-state index contributed by atoms with van der Waals surface area (Å²) < 4.78 is 24.5. The molecule has 1 aromatic rings. The molecule has 1 aromatic heterocycles. The van der Waals surface area contributed by atoms with Crippen LogP contribution in [0.4, 0.5) is 0 Å². The van der Waals surface area contributed by atoms with Gasteiger partial charge in [0, 0.05) is 50.7 Å². The molecule has 0 spiro atoms. The Kier molecular flexibility index (Phi) is 9.24. The van der Waals surface area contributed by atoms with Crippen molar-refractivity contribution in [2.45, 2.75) is 33.1 Å². The molecule has 0 saturated carbocycles. The molecule has 0 fully saturated rings. The van der Waals surface area contributed by atoms with E-state index in [9.17, 15) is 8.42 Å². The first kappa shape index (κ1) is 20.9. The zero-order chi connectivity index (χ0) is 18.0. The maximum atomic E-state index is 11.5. The summed E-state index contributed by atoms with van der Waals surface area (Å²) in [4.78, 5) is 9.87. The fourth-order valence-electron chi connectivity index (χ4n) is 2.16. The van der Waals surface area contributed by atoms with Gasteiger partial charge in [-0.15, -0.1) is 11.3 Å². The number of rotatable bonds is 10. The zero-order valence-corrected chi connectivity index (χ0v) is 16.6. The monoisotopic (exact) mass is 375 g/mol. The van der Waals surface area contributed by atoms with Gasteiger partial charge in [0.15, 0.2) is 5.96 Å². The highest BCUT2D eigenvalue weighted by Crippen LogP contribution is 2.13. The van der Waals surface area contributed by atoms with Gasteiger partial charge in [-0.3, -0.25) is 4.99 Å². The zero-order valence-electron chi connectivity index (χ0n) is 15.0. The van der Waals surface area contributed by atoms with Crippen LogP contribution in [0.25, 0.3) is 0 Å². The van der Waals surface area contributed by atoms with Crippen LogP contribution >= 0.6 is 11.3 Å². The van der Waals surface area contributed by atoms with E-state index in [1.54, 1.807) is 18.4 Å². The summed E-state index contributed by atoms with van der Waals surface area (Å²) >= 11 is 1.75. The van der Waals surface area contributed by atoms with Gasteiger partial charge in [0.05, 0.1) is 11.3 Å². The third kappa shape index (κ3) is 7.59. The van der Waals surface area contributed by atoms with Gasteiger partial charge in [-0.25, -0.2) is 17.7 Å². The number of aliphatic imine (C=N–C) groups is 1. The van der Waals surface area contributed by atoms with Gasteiger partial charge in [-0.1, -0.05) is 13.8 Å². The van der Waals surface area contributed by atoms with Crippen LogP contribution in [0.5, 0.6) is 0 Å². The number of nitrogens with one attached hydrogen (secondary N) is 2. The molecule has 0 radical (unpaired) electrons. The Morgan fingerprint density at radius 1 is 1.33 bits per heavy atom. The minimum absolute atomic E-state index is 0.499. The first-order valence-electron chi connectivity index (χ1n) is 8.23. The topological polar surface area (TPSA) is 86.7 Å². The van der Waals surface area contributed by atoms with Crippen LogP contribution < -0.4 is 10.6 Å². The summed E-state index contributed by atoms with van der Waals surface area (Å²) in [6, 6.07) is 0. The van der Waals surface area contributed by atoms with Gasteiger partial charge in [-0.05, 0) is 12.8 Å². The van der Waals surface area contributed by atoms with Crippen LogP contribution in [0.2, 0.25) is 0 Å². The molecule has 7 nitrogen and oxygen atoms in total. The second kappa shape index (κ2) is 10.6. The quantitative estimate of drug-likeness (QED) is 0.363. The van der Waals surface area contributed by atoms with E-state index < -0.39 is 10.0 Å². The maximum absolute atomic E-state index is 11.5. The van der Waals surface area contributed by atoms with Crippen molar-refractivity contribution in [2.75, 3.05) is 39.5 Å². The Balaban J connectivity index is 2.25. The summed E-state index contributed by atoms with van der Waals surface area (Å²) in [6.07, 6.45) is 5.80. The van der Waals surface area contributed by atoms with Gasteiger partial charge >= 0.3 is 0 Å². The minimum Gasteiger partial charge on any atom is -0.356 e. The van der Waals surface area contributed by atoms with Crippen LogP contribution in [-0.4, -0.2) is 63.1 Å². The molecule has 138 valence electrons. The van der Waals surface area contributed by atoms with Crippen molar-refractivity contribution in [1.29, 1.82) is 0 Å². The van der Waals surface area contributed by atoms with Crippen molar-refractivity contribution in [2.24, 2.45) is 4.99 Å². The second-order valence-electron chi connectivity index (χ2n) is 5.36. The molecule has 0 aliphatic heterocycles. The summed E-state index contributed by atoms with van der Waals surface area (Å²) in [7, 11) is -1.39. The normalized spacial score (nSPS) is 12.6. The molecule has 0 aromatic carbocycles. The van der Waals surface area contributed by atoms with Crippen LogP contribution in [-0.2, 0) is 22.9 Å². The first-order chi connectivity index (χ1) is 11.4. The fraction of sp³-hybridized carbons (Fsp3) is 0.733. The van der Waals surface area contributed by atoms with Crippen LogP contribution in [0.1, 0.15) is 30.2 Å². The predicted octanol–water partition coefficient (Wildman–Crippen LogP) is 1.08. The van der Waals surface area contributed by atoms with Crippen molar-refractivity contribution in [1.82, 2.24) is 19.9 Å². The van der Waals surface area contributed by atoms with E-state index in [1.807, 2.05) is 13.1 Å². The Morgan fingerprint density at radius 2 is 2.04 bits per heavy atom. The van der Waals surface area contributed by atoms with E-state index >= 15 is 0 Å². The SMILES string of the molecule is CCc1cnc(CCNC(=NC)NCCCN(CC)S(C)(=O)=O)s1. The highest BCUT2D eigenvalue weighted by atomic mass is 32.2. The number of hydrogen-bond acceptors (Lipinski definition) is 5. The smallest absolute Gasteiger partial charge is 0.211 e. The number of nitrogens with zero attached hydrogens (tertiary/aromatic N) is 3. The van der Waals surface area contributed by atoms with E-state index in [-0.39, 0.29) is 0 Å². The number of guanidine groups is 1. The van der Waals surface area contributed by atoms with Crippen molar-refractivity contribution in [3.05, 3.63) is 16.1 Å². The van der Waals surface area contributed by atoms with E-state index in [2.05, 4.69) is 27.5 Å². The van der Waals surface area contributed by atoms with Crippen LogP contribution in [0.3, 0.4) is 0 Å². The van der Waals surface area contributed by atoms with E-state index in [0.717, 1.165) is 36.8 Å². The lowest BCUT2D eigenvalue weighted by Crippen LogP contribution is -2.40. The van der Waals surface area contributed by atoms with Crippen molar-refractivity contribution in [3.63, 3.8) is 0 Å². The maximum Gasteiger partial charge on any atom is 0.211 e. The largest absolute Gasteiger partial charge is 0.356 e. The average Bonchev–Trinajstić information content (AvgIpc) is 2.99. The van der Waals surface area contributed by atoms with Gasteiger partial charge in [0.1, 0.15) is 0 Å². The van der Waals surface area contributed by atoms with Crippen molar-refractivity contribution >= 4 is 27.3 Å². The third-order valence-corrected chi connectivity index (χ3v) is 6.08. The summed E-state index contributed by atoms with van der Waals surface area (Å²) in [5, 5.41) is 7.58. The van der Waals surface area contributed by atoms with Crippen molar-refractivity contribution in [3.8, 4) is 0 Å². The summed E-state index contributed by atoms with van der Waals surface area (Å²) in [6.45, 7) is 6.42. The molecule has 0 aliphatic rings. The van der Waals surface area contributed by atoms with Gasteiger partial charge in [-0.2, -0.15) is 0 Å². The fourth-order valence-corrected chi connectivity index (χ4v) is 3.95. The molecular weight excluding hydrogens is 346 g/mol. The minimum atomic E-state index is -3.11. The molecular formula is C15H29N5O2S2. The molecule has 0 amide bonds. The van der Waals surface area contributed by atoms with E-state index in [1.165, 1.54) is 15.4 Å². The first-order valence-corrected chi connectivity index (χ1v) is 10.9. The van der Waals surface area contributed by atoms with Gasteiger partial charge < -0.3 is 10.6 Å². The summed E-state index contributed by atoms with van der Waals surface area (Å²) in [5.41, 5.74) is 0. The van der Waals surface area contributed by atoms with E-state index in [0.29, 0.717) is 19.6 Å². The summed E-state index contributed by atoms with van der Waals surface area (Å²) in [5.74, 6) is 0.727. The molecule has 0 atom stereocenters. The number of aryl methyl sites for hydroxylation is 1. The average molecular weight is 376 g/mol. The number of sulfonamides is 1. The Bertz CT molecular complexity index is 613. The van der Waals surface area contributed by atoms with Crippen LogP contribution in [0.15, 0.2) is 11.2 Å². The molecule has 24 heavy (non-hydrogen) atoms. The van der Waals surface area contributed by atoms with Gasteiger partial charge in [0.25, 0.3) is 0 Å². The lowest BCUT2D eigenvalue weighted by Gasteiger charge is -2.18. The molecule has 1 rings (SSSR count). The molecule has 2 N–H and O–H groups in total. The standard InChI is InChI=1S/C15H29N5O2S2/c1-5-13-12-19-14(23-13)8-10-18-15(16-3)17-9-7-11-20(6-2)24(4,21)22/h12H,5-11H2,1-4H3,(H2,16,17,18). The second-order valence-corrected chi connectivity index (χ2v) is 8.54. The van der Waals surface area contributed by atoms with Crippen molar-refractivity contribution < 1.29 is 8.42 Å². The number of aromatic nitrogens is 1. The Labute approximate surface area is 149 Å².